The standard InChI is InChI=1S/C32H39N3O5S/c1-6-24(3)33-32(38)30(19-26-11-8-7-9-12-26)34(21-27-17-15-23(2)16-18-27)31(37)22-35(41(5,39)40)29-14-10-13-28(20-29)25(4)36/h7-18,20,24,30H,6,19,21-22H2,1-5H3,(H,33,38)/t24-,30+/m0/s1. The number of sulfonamides is 1. The molecule has 0 radical (unpaired) electrons. The van der Waals surface area contributed by atoms with Gasteiger partial charge in [0, 0.05) is 24.6 Å². The summed E-state index contributed by atoms with van der Waals surface area (Å²) in [6, 6.07) is 22.2. The summed E-state index contributed by atoms with van der Waals surface area (Å²) in [5.41, 5.74) is 3.26. The number of hydrogen-bond acceptors (Lipinski definition) is 5. The molecule has 0 unspecified atom stereocenters. The fourth-order valence-corrected chi connectivity index (χ4v) is 5.22. The molecule has 3 aromatic rings. The molecule has 0 aliphatic carbocycles. The van der Waals surface area contributed by atoms with Crippen LogP contribution < -0.4 is 9.62 Å². The molecule has 0 fully saturated rings. The third-order valence-corrected chi connectivity index (χ3v) is 8.11. The molecule has 0 heterocycles. The van der Waals surface area contributed by atoms with Crippen LogP contribution in [0.2, 0.25) is 0 Å². The molecule has 0 aliphatic heterocycles. The summed E-state index contributed by atoms with van der Waals surface area (Å²) >= 11 is 0. The number of Topliss-reactive ketones (excluding diaryl/α,β-unsaturated/α-hetero) is 1. The molecule has 0 saturated carbocycles. The van der Waals surface area contributed by atoms with Crippen molar-refractivity contribution in [3.05, 3.63) is 101 Å². The van der Waals surface area contributed by atoms with Gasteiger partial charge in [-0.15, -0.1) is 0 Å². The first kappa shape index (κ1) is 31.5. The van der Waals surface area contributed by atoms with Crippen molar-refractivity contribution in [2.24, 2.45) is 0 Å². The first-order valence-corrected chi connectivity index (χ1v) is 15.5. The van der Waals surface area contributed by atoms with E-state index in [-0.39, 0.29) is 36.4 Å². The molecule has 0 aliphatic rings. The van der Waals surface area contributed by atoms with Crippen molar-refractivity contribution >= 4 is 33.3 Å². The molecular formula is C32H39N3O5S. The van der Waals surface area contributed by atoms with Gasteiger partial charge < -0.3 is 10.2 Å². The number of rotatable bonds is 13. The third-order valence-electron chi connectivity index (χ3n) is 6.97. The van der Waals surface area contributed by atoms with Gasteiger partial charge >= 0.3 is 0 Å². The van der Waals surface area contributed by atoms with Crippen LogP contribution in [0.3, 0.4) is 0 Å². The van der Waals surface area contributed by atoms with Crippen LogP contribution in [-0.2, 0) is 32.6 Å². The van der Waals surface area contributed by atoms with Crippen LogP contribution in [-0.4, -0.2) is 55.8 Å². The van der Waals surface area contributed by atoms with Crippen LogP contribution in [0.5, 0.6) is 0 Å². The molecule has 8 nitrogen and oxygen atoms in total. The first-order valence-electron chi connectivity index (χ1n) is 13.7. The number of carbonyl (C=O) groups excluding carboxylic acids is 3. The predicted octanol–water partition coefficient (Wildman–Crippen LogP) is 4.52. The Bertz CT molecular complexity index is 1460. The number of aryl methyl sites for hydroxylation is 1. The summed E-state index contributed by atoms with van der Waals surface area (Å²) < 4.78 is 26.9. The van der Waals surface area contributed by atoms with E-state index in [4.69, 9.17) is 0 Å². The minimum absolute atomic E-state index is 0.107. The predicted molar refractivity (Wildman–Crippen MR) is 162 cm³/mol. The molecule has 1 N–H and O–H groups in total. The molecule has 2 atom stereocenters. The van der Waals surface area contributed by atoms with Crippen LogP contribution in [0, 0.1) is 6.92 Å². The second-order valence-electron chi connectivity index (χ2n) is 10.4. The number of benzene rings is 3. The Kier molecular flexibility index (Phi) is 10.8. The maximum absolute atomic E-state index is 14.1. The highest BCUT2D eigenvalue weighted by atomic mass is 32.2. The van der Waals surface area contributed by atoms with E-state index in [2.05, 4.69) is 5.32 Å². The lowest BCUT2D eigenvalue weighted by atomic mass is 10.0. The summed E-state index contributed by atoms with van der Waals surface area (Å²) in [6.07, 6.45) is 1.98. The minimum Gasteiger partial charge on any atom is -0.352 e. The van der Waals surface area contributed by atoms with Crippen molar-refractivity contribution in [2.75, 3.05) is 17.1 Å². The maximum Gasteiger partial charge on any atom is 0.244 e. The van der Waals surface area contributed by atoms with Gasteiger partial charge in [0.2, 0.25) is 21.8 Å². The van der Waals surface area contributed by atoms with Crippen LogP contribution >= 0.6 is 0 Å². The average Bonchev–Trinajstić information content (AvgIpc) is 2.94. The molecule has 218 valence electrons. The number of anilines is 1. The molecule has 0 bridgehead atoms. The lowest BCUT2D eigenvalue weighted by molar-refractivity contribution is -0.140. The van der Waals surface area contributed by atoms with Crippen molar-refractivity contribution in [2.45, 2.75) is 59.2 Å². The quantitative estimate of drug-likeness (QED) is 0.301. The normalized spacial score (nSPS) is 12.7. The number of amides is 2. The molecule has 41 heavy (non-hydrogen) atoms. The minimum atomic E-state index is -3.92. The molecule has 0 aromatic heterocycles. The van der Waals surface area contributed by atoms with Gasteiger partial charge in [-0.2, -0.15) is 0 Å². The van der Waals surface area contributed by atoms with E-state index >= 15 is 0 Å². The summed E-state index contributed by atoms with van der Waals surface area (Å²) in [4.78, 5) is 41.3. The Labute approximate surface area is 243 Å². The monoisotopic (exact) mass is 577 g/mol. The van der Waals surface area contributed by atoms with Crippen LogP contribution in [0.15, 0.2) is 78.9 Å². The number of carbonyl (C=O) groups is 3. The van der Waals surface area contributed by atoms with Gasteiger partial charge in [-0.3, -0.25) is 18.7 Å². The van der Waals surface area contributed by atoms with Gasteiger partial charge in [0.05, 0.1) is 11.9 Å². The highest BCUT2D eigenvalue weighted by Gasteiger charge is 2.33. The van der Waals surface area contributed by atoms with Gasteiger partial charge in [-0.25, -0.2) is 8.42 Å². The Morgan fingerprint density at radius 1 is 0.902 bits per heavy atom. The van der Waals surface area contributed by atoms with E-state index in [1.807, 2.05) is 75.4 Å². The molecule has 3 rings (SSSR count). The van der Waals surface area contributed by atoms with Gasteiger partial charge in [-0.05, 0) is 50.5 Å². The summed E-state index contributed by atoms with van der Waals surface area (Å²) in [6.45, 7) is 6.79. The smallest absolute Gasteiger partial charge is 0.244 e. The third kappa shape index (κ3) is 9.01. The zero-order chi connectivity index (χ0) is 30.2. The molecule has 9 heteroatoms. The zero-order valence-electron chi connectivity index (χ0n) is 24.3. The highest BCUT2D eigenvalue weighted by molar-refractivity contribution is 7.92. The van der Waals surface area contributed by atoms with Crippen molar-refractivity contribution in [1.82, 2.24) is 10.2 Å². The van der Waals surface area contributed by atoms with Gasteiger partial charge in [0.1, 0.15) is 12.6 Å². The number of ketones is 1. The van der Waals surface area contributed by atoms with E-state index in [1.165, 1.54) is 17.9 Å². The summed E-state index contributed by atoms with van der Waals surface area (Å²) in [5, 5.41) is 3.01. The lowest BCUT2D eigenvalue weighted by Crippen LogP contribution is -2.54. The highest BCUT2D eigenvalue weighted by Crippen LogP contribution is 2.22. The Balaban J connectivity index is 2.07. The molecule has 0 saturated heterocycles. The van der Waals surface area contributed by atoms with Crippen molar-refractivity contribution in [3.63, 3.8) is 0 Å². The van der Waals surface area contributed by atoms with E-state index in [9.17, 15) is 22.8 Å². The van der Waals surface area contributed by atoms with E-state index in [0.717, 1.165) is 27.3 Å². The van der Waals surface area contributed by atoms with Crippen molar-refractivity contribution in [3.8, 4) is 0 Å². The summed E-state index contributed by atoms with van der Waals surface area (Å²) in [7, 11) is -3.92. The number of hydrogen-bond donors (Lipinski definition) is 1. The topological polar surface area (TPSA) is 104 Å². The molecule has 2 amide bonds. The SMILES string of the molecule is CC[C@H](C)NC(=O)[C@@H](Cc1ccccc1)N(Cc1ccc(C)cc1)C(=O)CN(c1cccc(C(C)=O)c1)S(C)(=O)=O. The van der Waals surface area contributed by atoms with E-state index in [0.29, 0.717) is 12.0 Å². The van der Waals surface area contributed by atoms with E-state index < -0.39 is 28.5 Å². The average molecular weight is 578 g/mol. The van der Waals surface area contributed by atoms with Crippen LogP contribution in [0.1, 0.15) is 54.2 Å². The zero-order valence-corrected chi connectivity index (χ0v) is 25.1. The Morgan fingerprint density at radius 2 is 1.56 bits per heavy atom. The van der Waals surface area contributed by atoms with E-state index in [1.54, 1.807) is 18.2 Å². The second kappa shape index (κ2) is 14.1. The molecular weight excluding hydrogens is 538 g/mol. The Morgan fingerprint density at radius 3 is 2.15 bits per heavy atom. The first-order chi connectivity index (χ1) is 19.4. The van der Waals surface area contributed by atoms with Crippen LogP contribution in [0.25, 0.3) is 0 Å². The number of nitrogens with one attached hydrogen (secondary N) is 1. The largest absolute Gasteiger partial charge is 0.352 e. The Hall–Kier alpha value is -3.98. The van der Waals surface area contributed by atoms with Gasteiger partial charge in [0.15, 0.2) is 5.78 Å². The fourth-order valence-electron chi connectivity index (χ4n) is 4.38. The van der Waals surface area contributed by atoms with Crippen LogP contribution in [0.4, 0.5) is 5.69 Å². The molecule has 3 aromatic carbocycles. The number of nitrogens with zero attached hydrogens (tertiary/aromatic N) is 2. The summed E-state index contributed by atoms with van der Waals surface area (Å²) in [5.74, 6) is -1.07. The maximum atomic E-state index is 14.1. The second-order valence-corrected chi connectivity index (χ2v) is 12.3. The van der Waals surface area contributed by atoms with Crippen molar-refractivity contribution in [1.29, 1.82) is 0 Å². The molecule has 0 spiro atoms. The van der Waals surface area contributed by atoms with Gasteiger partial charge in [-0.1, -0.05) is 79.2 Å². The van der Waals surface area contributed by atoms with Gasteiger partial charge in [0.25, 0.3) is 0 Å². The lowest BCUT2D eigenvalue weighted by Gasteiger charge is -2.34. The van der Waals surface area contributed by atoms with Crippen molar-refractivity contribution < 1.29 is 22.8 Å². The fraction of sp³-hybridized carbons (Fsp3) is 0.344.